The first-order chi connectivity index (χ1) is 16.0. The Kier molecular flexibility index (Phi) is 6.54. The van der Waals surface area contributed by atoms with Crippen molar-refractivity contribution >= 4 is 16.8 Å². The van der Waals surface area contributed by atoms with Gasteiger partial charge >= 0.3 is 0 Å². The van der Waals surface area contributed by atoms with E-state index in [1.165, 1.54) is 6.07 Å². The molecule has 0 spiro atoms. The van der Waals surface area contributed by atoms with E-state index in [-0.39, 0.29) is 16.9 Å². The van der Waals surface area contributed by atoms with Gasteiger partial charge in [-0.2, -0.15) is 0 Å². The van der Waals surface area contributed by atoms with Gasteiger partial charge in [-0.05, 0) is 48.7 Å². The molecule has 0 radical (unpaired) electrons. The number of rotatable bonds is 7. The average Bonchev–Trinajstić information content (AvgIpc) is 2.84. The summed E-state index contributed by atoms with van der Waals surface area (Å²) in [6, 6.07) is 19.2. The lowest BCUT2D eigenvalue weighted by Gasteiger charge is -2.19. The first-order valence-corrected chi connectivity index (χ1v) is 11.0. The normalized spacial score (nSPS) is 10.9. The highest BCUT2D eigenvalue weighted by Crippen LogP contribution is 2.17. The lowest BCUT2D eigenvalue weighted by atomic mass is 10.1. The SMILES string of the molecule is CCc1c(C(=O)NCc2cnc3ccccc3c2)c(=O)cc(C)n1Cc1ccc(OC)cc1. The quantitative estimate of drug-likeness (QED) is 0.465. The lowest BCUT2D eigenvalue weighted by Crippen LogP contribution is -2.32. The Balaban J connectivity index is 1.60. The molecule has 0 atom stereocenters. The van der Waals surface area contributed by atoms with E-state index >= 15 is 0 Å². The van der Waals surface area contributed by atoms with Gasteiger partial charge in [-0.25, -0.2) is 0 Å². The zero-order valence-corrected chi connectivity index (χ0v) is 19.1. The zero-order chi connectivity index (χ0) is 23.4. The summed E-state index contributed by atoms with van der Waals surface area (Å²) >= 11 is 0. The first kappa shape index (κ1) is 22.3. The second-order valence-corrected chi connectivity index (χ2v) is 7.98. The van der Waals surface area contributed by atoms with E-state index in [9.17, 15) is 9.59 Å². The Morgan fingerprint density at radius 1 is 1.06 bits per heavy atom. The first-order valence-electron chi connectivity index (χ1n) is 11.0. The van der Waals surface area contributed by atoms with Gasteiger partial charge in [-0.1, -0.05) is 37.3 Å². The van der Waals surface area contributed by atoms with Crippen LogP contribution >= 0.6 is 0 Å². The van der Waals surface area contributed by atoms with Crippen molar-refractivity contribution in [3.63, 3.8) is 0 Å². The number of fused-ring (bicyclic) bond motifs is 1. The van der Waals surface area contributed by atoms with Crippen LogP contribution in [0.1, 0.15) is 39.8 Å². The van der Waals surface area contributed by atoms with Crippen molar-refractivity contribution in [1.29, 1.82) is 0 Å². The van der Waals surface area contributed by atoms with Crippen molar-refractivity contribution in [3.05, 3.63) is 105 Å². The molecule has 2 aromatic carbocycles. The Morgan fingerprint density at radius 2 is 1.82 bits per heavy atom. The number of hydrogen-bond acceptors (Lipinski definition) is 4. The molecule has 2 heterocycles. The van der Waals surface area contributed by atoms with Crippen LogP contribution in [0, 0.1) is 6.92 Å². The molecule has 4 aromatic rings. The van der Waals surface area contributed by atoms with Crippen LogP contribution in [0.25, 0.3) is 10.9 Å². The van der Waals surface area contributed by atoms with Gasteiger partial charge in [0, 0.05) is 42.1 Å². The Bertz CT molecular complexity index is 1360. The highest BCUT2D eigenvalue weighted by atomic mass is 16.5. The summed E-state index contributed by atoms with van der Waals surface area (Å²) in [7, 11) is 1.63. The summed E-state index contributed by atoms with van der Waals surface area (Å²) < 4.78 is 7.27. The Hall–Kier alpha value is -3.93. The molecule has 0 unspecified atom stereocenters. The molecule has 4 rings (SSSR count). The van der Waals surface area contributed by atoms with Gasteiger partial charge in [0.15, 0.2) is 5.43 Å². The summed E-state index contributed by atoms with van der Waals surface area (Å²) in [5.74, 6) is 0.419. The number of amides is 1. The van der Waals surface area contributed by atoms with E-state index in [1.807, 2.05) is 73.0 Å². The third-order valence-corrected chi connectivity index (χ3v) is 5.79. The second-order valence-electron chi connectivity index (χ2n) is 7.98. The third kappa shape index (κ3) is 4.80. The fourth-order valence-electron chi connectivity index (χ4n) is 4.06. The van der Waals surface area contributed by atoms with Crippen LogP contribution in [0.2, 0.25) is 0 Å². The van der Waals surface area contributed by atoms with Crippen LogP contribution < -0.4 is 15.5 Å². The minimum atomic E-state index is -0.367. The number of carbonyl (C=O) groups is 1. The molecule has 0 aliphatic rings. The third-order valence-electron chi connectivity index (χ3n) is 5.79. The molecular formula is C27H27N3O3. The largest absolute Gasteiger partial charge is 0.497 e. The van der Waals surface area contributed by atoms with Crippen LogP contribution in [0.3, 0.4) is 0 Å². The van der Waals surface area contributed by atoms with Crippen molar-refractivity contribution in [2.45, 2.75) is 33.4 Å². The number of methoxy groups -OCH3 is 1. The van der Waals surface area contributed by atoms with E-state index in [0.29, 0.717) is 19.5 Å². The number of para-hydroxylation sites is 1. The van der Waals surface area contributed by atoms with E-state index in [2.05, 4.69) is 10.3 Å². The number of hydrogen-bond donors (Lipinski definition) is 1. The standard InChI is InChI=1S/C27H27N3O3/c1-4-24-26(27(32)29-16-20-14-21-7-5-6-8-23(21)28-15-20)25(31)13-18(2)30(24)17-19-9-11-22(33-3)12-10-19/h5-15H,4,16-17H2,1-3H3,(H,29,32). The van der Waals surface area contributed by atoms with Crippen LogP contribution in [0.5, 0.6) is 5.75 Å². The molecule has 0 saturated heterocycles. The maximum Gasteiger partial charge on any atom is 0.257 e. The Labute approximate surface area is 192 Å². The monoisotopic (exact) mass is 441 g/mol. The molecule has 0 aliphatic carbocycles. The number of aryl methyl sites for hydroxylation is 1. The molecule has 1 N–H and O–H groups in total. The minimum Gasteiger partial charge on any atom is -0.497 e. The summed E-state index contributed by atoms with van der Waals surface area (Å²) in [4.78, 5) is 30.4. The molecule has 33 heavy (non-hydrogen) atoms. The van der Waals surface area contributed by atoms with Gasteiger partial charge in [0.2, 0.25) is 0 Å². The number of nitrogens with one attached hydrogen (secondary N) is 1. The number of benzene rings is 2. The molecule has 0 fully saturated rings. The molecular weight excluding hydrogens is 414 g/mol. The van der Waals surface area contributed by atoms with Crippen molar-refractivity contribution in [1.82, 2.24) is 14.9 Å². The van der Waals surface area contributed by atoms with Gasteiger partial charge in [0.25, 0.3) is 5.91 Å². The molecule has 1 amide bonds. The van der Waals surface area contributed by atoms with Gasteiger partial charge < -0.3 is 14.6 Å². The van der Waals surface area contributed by atoms with Crippen molar-refractivity contribution < 1.29 is 9.53 Å². The van der Waals surface area contributed by atoms with Gasteiger partial charge in [0.05, 0.1) is 12.6 Å². The maximum atomic E-state index is 13.1. The molecule has 0 bridgehead atoms. The molecule has 6 nitrogen and oxygen atoms in total. The second kappa shape index (κ2) is 9.69. The number of carbonyl (C=O) groups excluding carboxylic acids is 1. The summed E-state index contributed by atoms with van der Waals surface area (Å²) in [6.07, 6.45) is 2.31. The van der Waals surface area contributed by atoms with Crippen molar-refractivity contribution in [3.8, 4) is 5.75 Å². The molecule has 168 valence electrons. The molecule has 2 aromatic heterocycles. The van der Waals surface area contributed by atoms with Crippen LogP contribution in [0.15, 0.2) is 71.7 Å². The minimum absolute atomic E-state index is 0.199. The van der Waals surface area contributed by atoms with E-state index in [0.717, 1.165) is 39.2 Å². The summed E-state index contributed by atoms with van der Waals surface area (Å²) in [6.45, 7) is 4.72. The fourth-order valence-corrected chi connectivity index (χ4v) is 4.06. The van der Waals surface area contributed by atoms with E-state index in [4.69, 9.17) is 4.74 Å². The fraction of sp³-hybridized carbons (Fsp3) is 0.222. The van der Waals surface area contributed by atoms with Crippen LogP contribution in [0.4, 0.5) is 0 Å². The van der Waals surface area contributed by atoms with Crippen LogP contribution in [-0.2, 0) is 19.5 Å². The number of pyridine rings is 2. The molecule has 0 saturated carbocycles. The summed E-state index contributed by atoms with van der Waals surface area (Å²) in [5, 5.41) is 3.92. The number of aromatic nitrogens is 2. The highest BCUT2D eigenvalue weighted by molar-refractivity contribution is 5.95. The molecule has 6 heteroatoms. The molecule has 0 aliphatic heterocycles. The number of nitrogens with zero attached hydrogens (tertiary/aromatic N) is 2. The lowest BCUT2D eigenvalue weighted by molar-refractivity contribution is 0.0948. The van der Waals surface area contributed by atoms with Crippen molar-refractivity contribution in [2.75, 3.05) is 7.11 Å². The van der Waals surface area contributed by atoms with Gasteiger partial charge in [0.1, 0.15) is 11.3 Å². The van der Waals surface area contributed by atoms with Gasteiger partial charge in [-0.15, -0.1) is 0 Å². The Morgan fingerprint density at radius 3 is 2.55 bits per heavy atom. The van der Waals surface area contributed by atoms with E-state index < -0.39 is 0 Å². The zero-order valence-electron chi connectivity index (χ0n) is 19.1. The topological polar surface area (TPSA) is 73.2 Å². The summed E-state index contributed by atoms with van der Waals surface area (Å²) in [5.41, 5.74) is 4.33. The maximum absolute atomic E-state index is 13.1. The smallest absolute Gasteiger partial charge is 0.257 e. The van der Waals surface area contributed by atoms with Crippen LogP contribution in [-0.4, -0.2) is 22.6 Å². The predicted molar refractivity (Wildman–Crippen MR) is 130 cm³/mol. The van der Waals surface area contributed by atoms with Crippen molar-refractivity contribution in [2.24, 2.45) is 0 Å². The van der Waals surface area contributed by atoms with Gasteiger partial charge in [-0.3, -0.25) is 14.6 Å². The van der Waals surface area contributed by atoms with E-state index in [1.54, 1.807) is 13.3 Å². The number of ether oxygens (including phenoxy) is 1. The average molecular weight is 442 g/mol. The highest BCUT2D eigenvalue weighted by Gasteiger charge is 2.19. The predicted octanol–water partition coefficient (Wildman–Crippen LogP) is 4.25.